The third-order valence-electron chi connectivity index (χ3n) is 1.69. The van der Waals surface area contributed by atoms with Crippen LogP contribution >= 0.6 is 0 Å². The van der Waals surface area contributed by atoms with E-state index >= 15 is 0 Å². The van der Waals surface area contributed by atoms with Crippen molar-refractivity contribution >= 4 is 16.1 Å². The lowest BCUT2D eigenvalue weighted by molar-refractivity contribution is 0.497. The number of nitrogens with one attached hydrogen (secondary N) is 1. The molecule has 1 aromatic rings. The summed E-state index contributed by atoms with van der Waals surface area (Å²) in [6.07, 6.45) is 1.58. The molecule has 1 rings (SSSR count). The van der Waals surface area contributed by atoms with Gasteiger partial charge in [0.1, 0.15) is 0 Å². The van der Waals surface area contributed by atoms with Crippen molar-refractivity contribution in [3.63, 3.8) is 0 Å². The van der Waals surface area contributed by atoms with E-state index in [0.717, 1.165) is 5.56 Å². The summed E-state index contributed by atoms with van der Waals surface area (Å²) in [4.78, 5) is 0. The summed E-state index contributed by atoms with van der Waals surface area (Å²) in [5.41, 5.74) is 0.404. The fourth-order valence-corrected chi connectivity index (χ4v) is 2.45. The Bertz CT molecular complexity index is 461. The maximum atomic E-state index is 11.6. The van der Waals surface area contributed by atoms with Crippen LogP contribution in [0.3, 0.4) is 0 Å². The maximum Gasteiger partial charge on any atom is 0.234 e. The van der Waals surface area contributed by atoms with Crippen LogP contribution in [-0.4, -0.2) is 14.0 Å². The normalized spacial score (nSPS) is 13.2. The molecule has 0 saturated heterocycles. The second-order valence-electron chi connectivity index (χ2n) is 4.61. The molecule has 0 spiro atoms. The van der Waals surface area contributed by atoms with Crippen LogP contribution < -0.4 is 4.72 Å². The van der Waals surface area contributed by atoms with Crippen molar-refractivity contribution in [2.24, 2.45) is 0 Å². The Balaban J connectivity index is 0.00000256. The summed E-state index contributed by atoms with van der Waals surface area (Å²) in [5.74, 6) is 0. The van der Waals surface area contributed by atoms with Gasteiger partial charge in [-0.3, -0.25) is 0 Å². The van der Waals surface area contributed by atoms with E-state index in [0.29, 0.717) is 0 Å². The molecule has 0 aliphatic rings. The average molecular weight is 241 g/mol. The first kappa shape index (κ1) is 12.9. The predicted molar refractivity (Wildman–Crippen MR) is 69.4 cm³/mol. The van der Waals surface area contributed by atoms with Crippen LogP contribution in [0.25, 0.3) is 6.08 Å². The second kappa shape index (κ2) is 4.80. The summed E-state index contributed by atoms with van der Waals surface area (Å²) >= 11 is 0. The highest BCUT2D eigenvalue weighted by Crippen LogP contribution is 2.06. The van der Waals surface area contributed by atoms with Gasteiger partial charge >= 0.3 is 0 Å². The Labute approximate surface area is 98.7 Å². The summed E-state index contributed by atoms with van der Waals surface area (Å²) < 4.78 is 25.8. The van der Waals surface area contributed by atoms with Crippen molar-refractivity contribution in [1.29, 1.82) is 0 Å². The minimum atomic E-state index is -3.37. The first-order chi connectivity index (χ1) is 7.29. The third-order valence-corrected chi connectivity index (χ3v) is 3.08. The second-order valence-corrected chi connectivity index (χ2v) is 6.18. The van der Waals surface area contributed by atoms with Crippen molar-refractivity contribution in [2.75, 3.05) is 0 Å². The van der Waals surface area contributed by atoms with Crippen molar-refractivity contribution in [3.8, 4) is 0 Å². The summed E-state index contributed by atoms with van der Waals surface area (Å²) in [7, 11) is -3.37. The minimum Gasteiger partial charge on any atom is -0.208 e. The third kappa shape index (κ3) is 5.09. The Hall–Kier alpha value is -1.13. The Morgan fingerprint density at radius 1 is 1.19 bits per heavy atom. The molecule has 0 fully saturated rings. The summed E-state index contributed by atoms with van der Waals surface area (Å²) in [6, 6.07) is 9.32. The highest BCUT2D eigenvalue weighted by molar-refractivity contribution is 7.92. The lowest BCUT2D eigenvalue weighted by atomic mass is 10.1. The van der Waals surface area contributed by atoms with E-state index in [1.54, 1.807) is 26.8 Å². The maximum absolute atomic E-state index is 11.6. The molecule has 16 heavy (non-hydrogen) atoms. The van der Waals surface area contributed by atoms with Gasteiger partial charge in [-0.05, 0) is 32.4 Å². The molecule has 3 nitrogen and oxygen atoms in total. The van der Waals surface area contributed by atoms with Gasteiger partial charge < -0.3 is 0 Å². The molecule has 0 amide bonds. The van der Waals surface area contributed by atoms with Crippen LogP contribution in [0.15, 0.2) is 35.7 Å². The molecule has 0 bridgehead atoms. The lowest BCUT2D eigenvalue weighted by Gasteiger charge is -2.18. The number of rotatable bonds is 3. The van der Waals surface area contributed by atoms with Crippen molar-refractivity contribution in [2.45, 2.75) is 26.3 Å². The van der Waals surface area contributed by atoms with E-state index < -0.39 is 15.6 Å². The smallest absolute Gasteiger partial charge is 0.208 e. The van der Waals surface area contributed by atoms with Crippen LogP contribution in [-0.2, 0) is 10.0 Å². The van der Waals surface area contributed by atoms with Crippen molar-refractivity contribution in [1.82, 2.24) is 4.72 Å². The molecule has 1 aromatic carbocycles. The summed E-state index contributed by atoms with van der Waals surface area (Å²) in [5, 5.41) is 1.19. The van der Waals surface area contributed by atoms with Crippen molar-refractivity contribution in [3.05, 3.63) is 41.3 Å². The van der Waals surface area contributed by atoms with Crippen LogP contribution in [0, 0.1) is 0 Å². The molecule has 90 valence electrons. The zero-order chi connectivity index (χ0) is 12.2. The Kier molecular flexibility index (Phi) is 3.88. The van der Waals surface area contributed by atoms with Gasteiger partial charge in [-0.2, -0.15) is 0 Å². The van der Waals surface area contributed by atoms with Gasteiger partial charge in [0.05, 0.1) is 0 Å². The topological polar surface area (TPSA) is 46.2 Å². The zero-order valence-corrected chi connectivity index (χ0v) is 10.6. The number of benzene rings is 1. The van der Waals surface area contributed by atoms with Crippen LogP contribution in [0.2, 0.25) is 0 Å². The molecule has 4 heteroatoms. The highest BCUT2D eigenvalue weighted by atomic mass is 32.2. The van der Waals surface area contributed by atoms with E-state index in [1.807, 2.05) is 30.3 Å². The fourth-order valence-electron chi connectivity index (χ4n) is 1.19. The molecule has 1 N–H and O–H groups in total. The monoisotopic (exact) mass is 241 g/mol. The SMILES string of the molecule is CC(C)(C)NS(=O)(=O)/C=C/c1ccccc1.[HH]. The van der Waals surface area contributed by atoms with Crippen molar-refractivity contribution < 1.29 is 9.84 Å². The van der Waals surface area contributed by atoms with E-state index in [-0.39, 0.29) is 1.43 Å². The van der Waals surface area contributed by atoms with Gasteiger partial charge in [-0.1, -0.05) is 30.3 Å². The average Bonchev–Trinajstić information content (AvgIpc) is 2.13. The van der Waals surface area contributed by atoms with E-state index in [4.69, 9.17) is 0 Å². The molecule has 0 radical (unpaired) electrons. The van der Waals surface area contributed by atoms with Crippen LogP contribution in [0.5, 0.6) is 0 Å². The van der Waals surface area contributed by atoms with Gasteiger partial charge in [0.2, 0.25) is 10.0 Å². The first-order valence-corrected chi connectivity index (χ1v) is 6.60. The number of sulfonamides is 1. The largest absolute Gasteiger partial charge is 0.234 e. The molecule has 0 aliphatic carbocycles. The molecular formula is C12H19NO2S. The van der Waals surface area contributed by atoms with Gasteiger partial charge in [0.15, 0.2) is 0 Å². The molecule has 0 unspecified atom stereocenters. The fraction of sp³-hybridized carbons (Fsp3) is 0.333. The Morgan fingerprint density at radius 2 is 1.75 bits per heavy atom. The number of hydrogen-bond donors (Lipinski definition) is 1. The molecule has 0 saturated carbocycles. The first-order valence-electron chi connectivity index (χ1n) is 5.06. The standard InChI is InChI=1S/C12H17NO2S.H2/c1-12(2,3)13-16(14,15)10-9-11-7-5-4-6-8-11;/h4-10,13H,1-3H3;1H/b10-9+;. The van der Waals surface area contributed by atoms with Gasteiger partial charge in [0, 0.05) is 12.4 Å². The van der Waals surface area contributed by atoms with Gasteiger partial charge in [0.25, 0.3) is 0 Å². The van der Waals surface area contributed by atoms with Crippen LogP contribution in [0.4, 0.5) is 0 Å². The van der Waals surface area contributed by atoms with E-state index in [2.05, 4.69) is 4.72 Å². The highest BCUT2D eigenvalue weighted by Gasteiger charge is 2.16. The molecule has 0 aliphatic heterocycles. The molecule has 0 atom stereocenters. The summed E-state index contributed by atoms with van der Waals surface area (Å²) in [6.45, 7) is 5.42. The van der Waals surface area contributed by atoms with Crippen LogP contribution in [0.1, 0.15) is 27.8 Å². The van der Waals surface area contributed by atoms with Gasteiger partial charge in [-0.25, -0.2) is 13.1 Å². The molecule has 0 aromatic heterocycles. The number of hydrogen-bond acceptors (Lipinski definition) is 2. The minimum absolute atomic E-state index is 0. The molecule has 0 heterocycles. The lowest BCUT2D eigenvalue weighted by Crippen LogP contribution is -2.39. The Morgan fingerprint density at radius 3 is 2.25 bits per heavy atom. The van der Waals surface area contributed by atoms with E-state index in [9.17, 15) is 8.42 Å². The quantitative estimate of drug-likeness (QED) is 0.884. The van der Waals surface area contributed by atoms with E-state index in [1.165, 1.54) is 5.41 Å². The van der Waals surface area contributed by atoms with Gasteiger partial charge in [-0.15, -0.1) is 0 Å². The molecular weight excluding hydrogens is 222 g/mol. The predicted octanol–water partition coefficient (Wildman–Crippen LogP) is 2.62. The zero-order valence-electron chi connectivity index (χ0n) is 9.77.